The molecule has 0 aromatic carbocycles. The van der Waals surface area contributed by atoms with E-state index in [0.717, 1.165) is 28.5 Å². The molecule has 1 aliphatic rings. The van der Waals surface area contributed by atoms with Crippen LogP contribution in [0.2, 0.25) is 0 Å². The molecule has 0 unspecified atom stereocenters. The highest BCUT2D eigenvalue weighted by Gasteiger charge is 2.21. The van der Waals surface area contributed by atoms with Crippen molar-refractivity contribution in [2.45, 2.75) is 26.4 Å². The van der Waals surface area contributed by atoms with E-state index in [-0.39, 0.29) is 0 Å². The van der Waals surface area contributed by atoms with Gasteiger partial charge < -0.3 is 9.26 Å². The summed E-state index contributed by atoms with van der Waals surface area (Å²) in [6.45, 7) is 3.29. The highest BCUT2D eigenvalue weighted by molar-refractivity contribution is 9.10. The summed E-state index contributed by atoms with van der Waals surface area (Å²) in [5, 5.41) is 3.89. The lowest BCUT2D eigenvalue weighted by molar-refractivity contribution is 0.106. The van der Waals surface area contributed by atoms with Crippen LogP contribution in [0.5, 0.6) is 0 Å². The van der Waals surface area contributed by atoms with Gasteiger partial charge in [0.05, 0.1) is 11.1 Å². The molecule has 1 saturated carbocycles. The summed E-state index contributed by atoms with van der Waals surface area (Å²) < 4.78 is 11.4. The van der Waals surface area contributed by atoms with Crippen molar-refractivity contribution in [3.63, 3.8) is 0 Å². The Labute approximate surface area is 85.6 Å². The molecular weight excluding hydrogens is 234 g/mol. The quantitative estimate of drug-likeness (QED) is 0.819. The van der Waals surface area contributed by atoms with Gasteiger partial charge in [-0.3, -0.25) is 0 Å². The van der Waals surface area contributed by atoms with Crippen molar-refractivity contribution >= 4 is 15.9 Å². The fraction of sp³-hybridized carbons (Fsp3) is 0.667. The summed E-state index contributed by atoms with van der Waals surface area (Å²) >= 11 is 3.40. The average Bonchev–Trinajstić information content (AvgIpc) is 2.88. The molecule has 0 bridgehead atoms. The molecule has 72 valence electrons. The highest BCUT2D eigenvalue weighted by atomic mass is 79.9. The van der Waals surface area contributed by atoms with Crippen molar-refractivity contribution in [2.24, 2.45) is 5.92 Å². The first-order valence-corrected chi connectivity index (χ1v) is 5.25. The molecule has 1 aliphatic carbocycles. The SMILES string of the molecule is Cc1onc(COCC2CC2)c1Br. The number of aromatic nitrogens is 1. The summed E-state index contributed by atoms with van der Waals surface area (Å²) in [6, 6.07) is 0. The van der Waals surface area contributed by atoms with Gasteiger partial charge in [0.15, 0.2) is 0 Å². The Morgan fingerprint density at radius 1 is 1.62 bits per heavy atom. The molecule has 0 atom stereocenters. The molecule has 0 spiro atoms. The van der Waals surface area contributed by atoms with Gasteiger partial charge in [0.1, 0.15) is 11.5 Å². The van der Waals surface area contributed by atoms with Gasteiger partial charge in [0, 0.05) is 6.61 Å². The number of halogens is 1. The number of ether oxygens (including phenoxy) is 1. The fourth-order valence-corrected chi connectivity index (χ4v) is 1.36. The average molecular weight is 246 g/mol. The second-order valence-electron chi connectivity index (χ2n) is 3.46. The van der Waals surface area contributed by atoms with Gasteiger partial charge in [-0.15, -0.1) is 0 Å². The van der Waals surface area contributed by atoms with E-state index in [2.05, 4.69) is 21.1 Å². The van der Waals surface area contributed by atoms with Crippen molar-refractivity contribution in [3.8, 4) is 0 Å². The predicted molar refractivity (Wildman–Crippen MR) is 51.3 cm³/mol. The summed E-state index contributed by atoms with van der Waals surface area (Å²) in [4.78, 5) is 0. The third-order valence-electron chi connectivity index (χ3n) is 2.14. The van der Waals surface area contributed by atoms with Crippen molar-refractivity contribution in [3.05, 3.63) is 15.9 Å². The molecule has 4 heteroatoms. The summed E-state index contributed by atoms with van der Waals surface area (Å²) in [7, 11) is 0. The third kappa shape index (κ3) is 2.31. The van der Waals surface area contributed by atoms with E-state index < -0.39 is 0 Å². The zero-order chi connectivity index (χ0) is 9.26. The first-order valence-electron chi connectivity index (χ1n) is 4.45. The molecule has 0 N–H and O–H groups in total. The monoisotopic (exact) mass is 245 g/mol. The standard InChI is InChI=1S/C9H12BrNO2/c1-6-9(10)8(11-13-6)5-12-4-7-2-3-7/h7H,2-5H2,1H3. The minimum atomic E-state index is 0.550. The van der Waals surface area contributed by atoms with Crippen molar-refractivity contribution in [1.29, 1.82) is 0 Å². The van der Waals surface area contributed by atoms with Crippen LogP contribution in [0.15, 0.2) is 9.00 Å². The van der Waals surface area contributed by atoms with Crippen molar-refractivity contribution in [1.82, 2.24) is 5.16 Å². The Morgan fingerprint density at radius 3 is 2.92 bits per heavy atom. The van der Waals surface area contributed by atoms with Crippen LogP contribution in [0, 0.1) is 12.8 Å². The van der Waals surface area contributed by atoms with Crippen LogP contribution >= 0.6 is 15.9 Å². The number of nitrogens with zero attached hydrogens (tertiary/aromatic N) is 1. The van der Waals surface area contributed by atoms with Crippen LogP contribution in [-0.4, -0.2) is 11.8 Å². The summed E-state index contributed by atoms with van der Waals surface area (Å²) in [5.41, 5.74) is 0.859. The maximum absolute atomic E-state index is 5.49. The zero-order valence-electron chi connectivity index (χ0n) is 7.55. The predicted octanol–water partition coefficient (Wildman–Crippen LogP) is 2.67. The zero-order valence-corrected chi connectivity index (χ0v) is 9.13. The fourth-order valence-electron chi connectivity index (χ4n) is 1.10. The van der Waals surface area contributed by atoms with E-state index in [9.17, 15) is 0 Å². The number of rotatable bonds is 4. The van der Waals surface area contributed by atoms with E-state index in [4.69, 9.17) is 9.26 Å². The number of aryl methyl sites for hydroxylation is 1. The molecule has 2 rings (SSSR count). The number of hydrogen-bond donors (Lipinski definition) is 0. The van der Waals surface area contributed by atoms with Gasteiger partial charge in [0.2, 0.25) is 0 Å². The van der Waals surface area contributed by atoms with E-state index in [0.29, 0.717) is 6.61 Å². The Kier molecular flexibility index (Phi) is 2.69. The molecule has 1 aromatic rings. The van der Waals surface area contributed by atoms with E-state index in [1.165, 1.54) is 12.8 Å². The lowest BCUT2D eigenvalue weighted by Gasteiger charge is -1.98. The molecule has 13 heavy (non-hydrogen) atoms. The molecule has 1 heterocycles. The van der Waals surface area contributed by atoms with Crippen LogP contribution in [0.25, 0.3) is 0 Å². The third-order valence-corrected chi connectivity index (χ3v) is 3.16. The molecule has 1 aromatic heterocycles. The first kappa shape index (κ1) is 9.21. The Morgan fingerprint density at radius 2 is 2.38 bits per heavy atom. The van der Waals surface area contributed by atoms with E-state index >= 15 is 0 Å². The summed E-state index contributed by atoms with van der Waals surface area (Å²) in [6.07, 6.45) is 2.64. The molecular formula is C9H12BrNO2. The lowest BCUT2D eigenvalue weighted by Crippen LogP contribution is -1.97. The first-order chi connectivity index (χ1) is 6.27. The normalized spacial score (nSPS) is 16.5. The summed E-state index contributed by atoms with van der Waals surface area (Å²) in [5.74, 6) is 1.61. The van der Waals surface area contributed by atoms with Gasteiger partial charge in [-0.25, -0.2) is 0 Å². The van der Waals surface area contributed by atoms with Crippen molar-refractivity contribution < 1.29 is 9.26 Å². The minimum Gasteiger partial charge on any atom is -0.375 e. The molecule has 0 amide bonds. The van der Waals surface area contributed by atoms with Crippen LogP contribution in [0.1, 0.15) is 24.3 Å². The van der Waals surface area contributed by atoms with Gasteiger partial charge in [-0.05, 0) is 41.6 Å². The molecule has 3 nitrogen and oxygen atoms in total. The minimum absolute atomic E-state index is 0.550. The van der Waals surface area contributed by atoms with Crippen LogP contribution in [0.4, 0.5) is 0 Å². The van der Waals surface area contributed by atoms with Crippen LogP contribution in [0.3, 0.4) is 0 Å². The van der Waals surface area contributed by atoms with Crippen LogP contribution < -0.4 is 0 Å². The Bertz CT molecular complexity index is 294. The maximum atomic E-state index is 5.49. The molecule has 0 radical (unpaired) electrons. The second kappa shape index (κ2) is 3.80. The molecule has 0 saturated heterocycles. The van der Waals surface area contributed by atoms with Gasteiger partial charge >= 0.3 is 0 Å². The van der Waals surface area contributed by atoms with E-state index in [1.807, 2.05) is 6.92 Å². The Balaban J connectivity index is 1.82. The van der Waals surface area contributed by atoms with Crippen molar-refractivity contribution in [2.75, 3.05) is 6.61 Å². The maximum Gasteiger partial charge on any atom is 0.148 e. The van der Waals surface area contributed by atoms with Gasteiger partial charge in [-0.1, -0.05) is 5.16 Å². The number of hydrogen-bond acceptors (Lipinski definition) is 3. The molecule has 1 fully saturated rings. The smallest absolute Gasteiger partial charge is 0.148 e. The highest BCUT2D eigenvalue weighted by Crippen LogP contribution is 2.29. The van der Waals surface area contributed by atoms with E-state index in [1.54, 1.807) is 0 Å². The Hall–Kier alpha value is -0.350. The van der Waals surface area contributed by atoms with Gasteiger partial charge in [0.25, 0.3) is 0 Å². The lowest BCUT2D eigenvalue weighted by atomic mass is 10.4. The van der Waals surface area contributed by atoms with Gasteiger partial charge in [-0.2, -0.15) is 0 Å². The largest absolute Gasteiger partial charge is 0.375 e. The second-order valence-corrected chi connectivity index (χ2v) is 4.25. The van der Waals surface area contributed by atoms with Crippen LogP contribution in [-0.2, 0) is 11.3 Å². The molecule has 0 aliphatic heterocycles. The topological polar surface area (TPSA) is 35.3 Å².